The lowest BCUT2D eigenvalue weighted by atomic mass is 10.1. The highest BCUT2D eigenvalue weighted by molar-refractivity contribution is 5.66. The van der Waals surface area contributed by atoms with Crippen molar-refractivity contribution in [3.05, 3.63) is 0 Å². The molecule has 0 radical (unpaired) electrons. The van der Waals surface area contributed by atoms with Crippen LogP contribution < -0.4 is 0 Å². The van der Waals surface area contributed by atoms with E-state index in [1.54, 1.807) is 0 Å². The third-order valence-electron chi connectivity index (χ3n) is 1.81. The number of carbonyl (C=O) groups is 1. The number of unbranched alkanes of at least 4 members (excludes halogenated alkanes) is 5. The zero-order valence-corrected chi connectivity index (χ0v) is 7.78. The van der Waals surface area contributed by atoms with Crippen molar-refractivity contribution in [2.75, 3.05) is 0 Å². The minimum Gasteiger partial charge on any atom is -0.481 e. The first-order valence-corrected chi connectivity index (χ1v) is 4.65. The molecule has 2 N–H and O–H groups in total. The second-order valence-electron chi connectivity index (χ2n) is 3.00. The Morgan fingerprint density at radius 1 is 1.15 bits per heavy atom. The molecule has 0 rings (SSSR count). The lowest BCUT2D eigenvalue weighted by molar-refractivity contribution is -0.137. The van der Waals surface area contributed by atoms with Gasteiger partial charge >= 0.3 is 5.97 Å². The molecule has 0 aromatic rings. The quantitative estimate of drug-likeness (QED) is 0.265. The molecule has 0 amide bonds. The number of carboxylic acids is 1. The second-order valence-corrected chi connectivity index (χ2v) is 3.00. The summed E-state index contributed by atoms with van der Waals surface area (Å²) >= 11 is 0. The van der Waals surface area contributed by atoms with Crippen molar-refractivity contribution in [3.63, 3.8) is 0 Å². The number of aliphatic carboxylic acids is 1. The van der Waals surface area contributed by atoms with E-state index < -0.39 is 5.97 Å². The lowest BCUT2D eigenvalue weighted by Gasteiger charge is -1.97. The van der Waals surface area contributed by atoms with Crippen LogP contribution in [0.3, 0.4) is 0 Å². The van der Waals surface area contributed by atoms with Crippen LogP contribution in [0.1, 0.15) is 44.9 Å². The Morgan fingerprint density at radius 3 is 2.38 bits per heavy atom. The summed E-state index contributed by atoms with van der Waals surface area (Å²) in [5, 5.41) is 19.3. The minimum absolute atomic E-state index is 0.276. The number of hydrogen-bond acceptors (Lipinski definition) is 3. The highest BCUT2D eigenvalue weighted by Gasteiger charge is 1.95. The third kappa shape index (κ3) is 10.9. The fourth-order valence-electron chi connectivity index (χ4n) is 1.10. The molecule has 0 saturated carbocycles. The van der Waals surface area contributed by atoms with Gasteiger partial charge in [0, 0.05) is 12.6 Å². The average molecular weight is 187 g/mol. The smallest absolute Gasteiger partial charge is 0.303 e. The van der Waals surface area contributed by atoms with E-state index >= 15 is 0 Å². The van der Waals surface area contributed by atoms with Gasteiger partial charge in [-0.25, -0.2) is 0 Å². The van der Waals surface area contributed by atoms with Crippen molar-refractivity contribution >= 4 is 12.2 Å². The van der Waals surface area contributed by atoms with Gasteiger partial charge in [-0.3, -0.25) is 4.79 Å². The van der Waals surface area contributed by atoms with Crippen molar-refractivity contribution in [2.24, 2.45) is 5.16 Å². The standard InChI is InChI=1S/C9H17NO3/c11-9(12)7-5-3-1-2-4-6-8-10-13/h8,13H,1-7H2,(H,11,12)/b10-8+. The Bertz CT molecular complexity index is 157. The van der Waals surface area contributed by atoms with Crippen LogP contribution in [0.4, 0.5) is 0 Å². The third-order valence-corrected chi connectivity index (χ3v) is 1.81. The summed E-state index contributed by atoms with van der Waals surface area (Å²) in [7, 11) is 0. The maximum atomic E-state index is 10.1. The zero-order valence-electron chi connectivity index (χ0n) is 7.78. The van der Waals surface area contributed by atoms with E-state index in [2.05, 4.69) is 5.16 Å². The predicted octanol–water partition coefficient (Wildman–Crippen LogP) is 2.26. The Labute approximate surface area is 78.3 Å². The number of nitrogens with zero attached hydrogens (tertiary/aromatic N) is 1. The highest BCUT2D eigenvalue weighted by atomic mass is 16.4. The molecule has 4 nitrogen and oxygen atoms in total. The van der Waals surface area contributed by atoms with Crippen LogP contribution in [-0.2, 0) is 4.79 Å². The van der Waals surface area contributed by atoms with Crippen molar-refractivity contribution in [3.8, 4) is 0 Å². The normalized spacial score (nSPS) is 10.8. The summed E-state index contributed by atoms with van der Waals surface area (Å²) in [6, 6.07) is 0. The van der Waals surface area contributed by atoms with Gasteiger partial charge in [-0.05, 0) is 19.3 Å². The number of carboxylic acid groups (broad SMARTS) is 1. The van der Waals surface area contributed by atoms with Crippen LogP contribution in [0, 0.1) is 0 Å². The van der Waals surface area contributed by atoms with Gasteiger partial charge < -0.3 is 10.3 Å². The molecular weight excluding hydrogens is 170 g/mol. The van der Waals surface area contributed by atoms with Gasteiger partial charge in [0.1, 0.15) is 0 Å². The number of rotatable bonds is 8. The summed E-state index contributed by atoms with van der Waals surface area (Å²) in [5.41, 5.74) is 0. The van der Waals surface area contributed by atoms with Gasteiger partial charge in [0.2, 0.25) is 0 Å². The van der Waals surface area contributed by atoms with Crippen molar-refractivity contribution < 1.29 is 15.1 Å². The predicted molar refractivity (Wildman–Crippen MR) is 50.2 cm³/mol. The SMILES string of the molecule is O=C(O)CCCCCCC/C=N/O. The summed E-state index contributed by atoms with van der Waals surface area (Å²) in [4.78, 5) is 10.1. The summed E-state index contributed by atoms with van der Waals surface area (Å²) < 4.78 is 0. The van der Waals surface area contributed by atoms with E-state index in [1.165, 1.54) is 6.21 Å². The molecule has 0 atom stereocenters. The highest BCUT2D eigenvalue weighted by Crippen LogP contribution is 2.06. The molecular formula is C9H17NO3. The molecule has 0 bridgehead atoms. The maximum absolute atomic E-state index is 10.1. The van der Waals surface area contributed by atoms with E-state index in [4.69, 9.17) is 10.3 Å². The van der Waals surface area contributed by atoms with E-state index in [1.807, 2.05) is 0 Å². The van der Waals surface area contributed by atoms with E-state index in [0.29, 0.717) is 0 Å². The molecule has 0 spiro atoms. The van der Waals surface area contributed by atoms with Crippen molar-refractivity contribution in [2.45, 2.75) is 44.9 Å². The van der Waals surface area contributed by atoms with Crippen LogP contribution in [0.15, 0.2) is 5.16 Å². The van der Waals surface area contributed by atoms with E-state index in [0.717, 1.165) is 38.5 Å². The largest absolute Gasteiger partial charge is 0.481 e. The summed E-state index contributed by atoms with van der Waals surface area (Å²) in [5.74, 6) is -0.715. The van der Waals surface area contributed by atoms with Gasteiger partial charge in [-0.1, -0.05) is 19.3 Å². The number of hydrogen-bond donors (Lipinski definition) is 2. The molecule has 76 valence electrons. The Morgan fingerprint density at radius 2 is 1.77 bits per heavy atom. The molecule has 0 aliphatic carbocycles. The van der Waals surface area contributed by atoms with E-state index in [-0.39, 0.29) is 6.42 Å². The molecule has 0 aliphatic heterocycles. The van der Waals surface area contributed by atoms with Gasteiger partial charge in [0.25, 0.3) is 0 Å². The van der Waals surface area contributed by atoms with E-state index in [9.17, 15) is 4.79 Å². The fraction of sp³-hybridized carbons (Fsp3) is 0.778. The first-order valence-electron chi connectivity index (χ1n) is 4.65. The van der Waals surface area contributed by atoms with Crippen LogP contribution in [-0.4, -0.2) is 22.5 Å². The summed E-state index contributed by atoms with van der Waals surface area (Å²) in [6.45, 7) is 0. The zero-order chi connectivity index (χ0) is 9.94. The first-order chi connectivity index (χ1) is 6.27. The van der Waals surface area contributed by atoms with Gasteiger partial charge in [0.05, 0.1) is 0 Å². The van der Waals surface area contributed by atoms with Crippen LogP contribution in [0.5, 0.6) is 0 Å². The topological polar surface area (TPSA) is 69.9 Å². The first kappa shape index (κ1) is 11.9. The van der Waals surface area contributed by atoms with Gasteiger partial charge in [-0.15, -0.1) is 5.16 Å². The monoisotopic (exact) mass is 187 g/mol. The van der Waals surface area contributed by atoms with Gasteiger partial charge in [-0.2, -0.15) is 0 Å². The fourth-order valence-corrected chi connectivity index (χ4v) is 1.10. The molecule has 0 fully saturated rings. The molecule has 0 aliphatic rings. The summed E-state index contributed by atoms with van der Waals surface area (Å²) in [6.07, 6.45) is 7.45. The van der Waals surface area contributed by atoms with Crippen molar-refractivity contribution in [1.29, 1.82) is 0 Å². The van der Waals surface area contributed by atoms with Crippen molar-refractivity contribution in [1.82, 2.24) is 0 Å². The molecule has 0 aromatic carbocycles. The van der Waals surface area contributed by atoms with Crippen LogP contribution in [0.2, 0.25) is 0 Å². The second kappa shape index (κ2) is 9.03. The van der Waals surface area contributed by atoms with Gasteiger partial charge in [0.15, 0.2) is 0 Å². The molecule has 0 saturated heterocycles. The average Bonchev–Trinajstić information content (AvgIpc) is 2.09. The Balaban J connectivity index is 2.95. The number of oxime groups is 1. The molecule has 0 unspecified atom stereocenters. The Hall–Kier alpha value is -1.06. The molecule has 0 aromatic heterocycles. The Kier molecular flexibility index (Phi) is 8.30. The van der Waals surface area contributed by atoms with Crippen LogP contribution >= 0.6 is 0 Å². The minimum atomic E-state index is -0.715. The molecule has 13 heavy (non-hydrogen) atoms. The maximum Gasteiger partial charge on any atom is 0.303 e. The van der Waals surface area contributed by atoms with Crippen LogP contribution in [0.25, 0.3) is 0 Å². The molecule has 4 heteroatoms. The lowest BCUT2D eigenvalue weighted by Crippen LogP contribution is -1.93. The molecule has 0 heterocycles.